The molecule has 2 aromatic carbocycles. The van der Waals surface area contributed by atoms with E-state index < -0.39 is 0 Å². The lowest BCUT2D eigenvalue weighted by Gasteiger charge is -2.18. The first-order valence-electron chi connectivity index (χ1n) is 9.42. The van der Waals surface area contributed by atoms with E-state index in [-0.39, 0.29) is 23.3 Å². The second kappa shape index (κ2) is 8.61. The number of hydrogen-bond acceptors (Lipinski definition) is 4. The predicted molar refractivity (Wildman–Crippen MR) is 116 cm³/mol. The van der Waals surface area contributed by atoms with Crippen LogP contribution in [0.2, 0.25) is 0 Å². The highest BCUT2D eigenvalue weighted by molar-refractivity contribution is 7.99. The Balaban J connectivity index is 1.87. The summed E-state index contributed by atoms with van der Waals surface area (Å²) in [6, 6.07) is 13.3. The quantitative estimate of drug-likeness (QED) is 0.485. The lowest BCUT2D eigenvalue weighted by atomic mass is 10.1. The third kappa shape index (κ3) is 4.12. The van der Waals surface area contributed by atoms with Crippen LogP contribution in [0.5, 0.6) is 0 Å². The van der Waals surface area contributed by atoms with E-state index in [2.05, 4.69) is 10.3 Å². The van der Waals surface area contributed by atoms with Gasteiger partial charge in [-0.3, -0.25) is 14.2 Å². The van der Waals surface area contributed by atoms with Gasteiger partial charge in [0, 0.05) is 11.7 Å². The van der Waals surface area contributed by atoms with E-state index in [4.69, 9.17) is 0 Å². The number of benzene rings is 2. The number of nitrogens with zero attached hydrogens (tertiary/aromatic N) is 2. The molecule has 0 spiro atoms. The van der Waals surface area contributed by atoms with Crippen molar-refractivity contribution < 1.29 is 4.79 Å². The van der Waals surface area contributed by atoms with Gasteiger partial charge in [0.05, 0.1) is 16.7 Å². The van der Waals surface area contributed by atoms with Crippen molar-refractivity contribution in [2.45, 2.75) is 45.3 Å². The maximum Gasteiger partial charge on any atom is 0.262 e. The Bertz CT molecular complexity index is 1050. The molecule has 1 heterocycles. The molecular formula is C22H25N3O2S. The van der Waals surface area contributed by atoms with Crippen LogP contribution in [0.3, 0.4) is 0 Å². The van der Waals surface area contributed by atoms with Crippen LogP contribution in [0.1, 0.15) is 37.4 Å². The molecule has 0 unspecified atom stereocenters. The number of aromatic nitrogens is 2. The first-order chi connectivity index (χ1) is 13.4. The van der Waals surface area contributed by atoms with Crippen molar-refractivity contribution in [2.75, 3.05) is 11.1 Å². The molecule has 0 saturated carbocycles. The summed E-state index contributed by atoms with van der Waals surface area (Å²) in [5.74, 6) is 0.0788. The number of carbonyl (C=O) groups is 1. The van der Waals surface area contributed by atoms with Crippen LogP contribution in [0.15, 0.2) is 52.4 Å². The number of thioether (sulfide) groups is 1. The predicted octanol–water partition coefficient (Wildman–Crippen LogP) is 4.72. The third-order valence-electron chi connectivity index (χ3n) is 4.88. The second-order valence-electron chi connectivity index (χ2n) is 6.95. The monoisotopic (exact) mass is 395 g/mol. The van der Waals surface area contributed by atoms with E-state index in [1.165, 1.54) is 11.8 Å². The maximum atomic E-state index is 13.0. The SMILES string of the molecule is CC[C@@H](C)n1c(SCC(=O)Nc2c(C)cccc2C)nc2ccccc2c1=O. The van der Waals surface area contributed by atoms with E-state index in [1.807, 2.05) is 64.1 Å². The number of fused-ring (bicyclic) bond motifs is 1. The van der Waals surface area contributed by atoms with Crippen molar-refractivity contribution in [2.24, 2.45) is 0 Å². The summed E-state index contributed by atoms with van der Waals surface area (Å²) < 4.78 is 1.71. The van der Waals surface area contributed by atoms with E-state index in [9.17, 15) is 9.59 Å². The van der Waals surface area contributed by atoms with Gasteiger partial charge in [-0.25, -0.2) is 4.98 Å². The minimum Gasteiger partial charge on any atom is -0.325 e. The number of hydrogen-bond donors (Lipinski definition) is 1. The van der Waals surface area contributed by atoms with Gasteiger partial charge in [0.2, 0.25) is 5.91 Å². The Kier molecular flexibility index (Phi) is 6.19. The average Bonchev–Trinajstić information content (AvgIpc) is 2.69. The number of amides is 1. The van der Waals surface area contributed by atoms with Crippen LogP contribution in [0.4, 0.5) is 5.69 Å². The minimum absolute atomic E-state index is 0.00813. The molecule has 6 heteroatoms. The molecular weight excluding hydrogens is 370 g/mol. The summed E-state index contributed by atoms with van der Waals surface area (Å²) in [7, 11) is 0. The second-order valence-corrected chi connectivity index (χ2v) is 7.89. The lowest BCUT2D eigenvalue weighted by Crippen LogP contribution is -2.26. The van der Waals surface area contributed by atoms with Gasteiger partial charge in [0.15, 0.2) is 5.16 Å². The van der Waals surface area contributed by atoms with Gasteiger partial charge in [0.25, 0.3) is 5.56 Å². The van der Waals surface area contributed by atoms with Crippen molar-refractivity contribution in [3.8, 4) is 0 Å². The standard InChI is InChI=1S/C22H25N3O2S/c1-5-16(4)25-21(27)17-11-6-7-12-18(17)23-22(25)28-13-19(26)24-20-14(2)9-8-10-15(20)3/h6-12,16H,5,13H2,1-4H3,(H,24,26)/t16-/m1/s1. The highest BCUT2D eigenvalue weighted by Crippen LogP contribution is 2.24. The van der Waals surface area contributed by atoms with Crippen LogP contribution in [0, 0.1) is 13.8 Å². The van der Waals surface area contributed by atoms with Crippen molar-refractivity contribution >= 4 is 34.3 Å². The normalized spacial score (nSPS) is 12.1. The van der Waals surface area contributed by atoms with Crippen molar-refractivity contribution in [3.63, 3.8) is 0 Å². The summed E-state index contributed by atoms with van der Waals surface area (Å²) in [6.45, 7) is 7.98. The van der Waals surface area contributed by atoms with E-state index in [1.54, 1.807) is 10.6 Å². The molecule has 1 atom stereocenters. The number of para-hydroxylation sites is 2. The fourth-order valence-electron chi connectivity index (χ4n) is 3.12. The molecule has 0 radical (unpaired) electrons. The molecule has 1 amide bonds. The molecule has 0 aliphatic heterocycles. The molecule has 3 aromatic rings. The van der Waals surface area contributed by atoms with Gasteiger partial charge < -0.3 is 5.32 Å². The number of nitrogens with one attached hydrogen (secondary N) is 1. The van der Waals surface area contributed by atoms with Gasteiger partial charge in [0.1, 0.15) is 0 Å². The molecule has 0 saturated heterocycles. The van der Waals surface area contributed by atoms with Crippen molar-refractivity contribution in [3.05, 3.63) is 63.9 Å². The van der Waals surface area contributed by atoms with Gasteiger partial charge in [-0.1, -0.05) is 49.0 Å². The van der Waals surface area contributed by atoms with Gasteiger partial charge >= 0.3 is 0 Å². The van der Waals surface area contributed by atoms with Gasteiger partial charge in [-0.15, -0.1) is 0 Å². The molecule has 0 bridgehead atoms. The Morgan fingerprint density at radius 3 is 2.50 bits per heavy atom. The summed E-state index contributed by atoms with van der Waals surface area (Å²) >= 11 is 1.30. The van der Waals surface area contributed by atoms with E-state index in [0.29, 0.717) is 16.1 Å². The lowest BCUT2D eigenvalue weighted by molar-refractivity contribution is -0.113. The molecule has 0 fully saturated rings. The first kappa shape index (κ1) is 20.1. The molecule has 1 aromatic heterocycles. The Morgan fingerprint density at radius 2 is 1.82 bits per heavy atom. The Hall–Kier alpha value is -2.60. The maximum absolute atomic E-state index is 13.0. The number of anilines is 1. The van der Waals surface area contributed by atoms with Crippen molar-refractivity contribution in [1.29, 1.82) is 0 Å². The fourth-order valence-corrected chi connectivity index (χ4v) is 4.01. The zero-order chi connectivity index (χ0) is 20.3. The number of carbonyl (C=O) groups excluding carboxylic acids is 1. The van der Waals surface area contributed by atoms with E-state index in [0.717, 1.165) is 23.2 Å². The number of rotatable bonds is 6. The average molecular weight is 396 g/mol. The number of aryl methyl sites for hydroxylation is 2. The third-order valence-corrected chi connectivity index (χ3v) is 5.84. The minimum atomic E-state index is -0.111. The summed E-state index contributed by atoms with van der Waals surface area (Å²) in [5.41, 5.74) is 3.50. The highest BCUT2D eigenvalue weighted by Gasteiger charge is 2.17. The smallest absolute Gasteiger partial charge is 0.262 e. The van der Waals surface area contributed by atoms with Crippen molar-refractivity contribution in [1.82, 2.24) is 9.55 Å². The Labute approximate surface area is 169 Å². The molecule has 0 aliphatic rings. The molecule has 28 heavy (non-hydrogen) atoms. The van der Waals surface area contributed by atoms with Crippen LogP contribution in [0.25, 0.3) is 10.9 Å². The largest absolute Gasteiger partial charge is 0.325 e. The molecule has 5 nitrogen and oxygen atoms in total. The summed E-state index contributed by atoms with van der Waals surface area (Å²) in [6.07, 6.45) is 0.808. The van der Waals surface area contributed by atoms with Gasteiger partial charge in [-0.2, -0.15) is 0 Å². The molecule has 1 N–H and O–H groups in total. The highest BCUT2D eigenvalue weighted by atomic mass is 32.2. The summed E-state index contributed by atoms with van der Waals surface area (Å²) in [4.78, 5) is 30.2. The molecule has 146 valence electrons. The van der Waals surface area contributed by atoms with E-state index >= 15 is 0 Å². The summed E-state index contributed by atoms with van der Waals surface area (Å²) in [5, 5.41) is 4.17. The first-order valence-corrected chi connectivity index (χ1v) is 10.4. The van der Waals surface area contributed by atoms with Gasteiger partial charge in [-0.05, 0) is 50.5 Å². The zero-order valence-electron chi connectivity index (χ0n) is 16.7. The topological polar surface area (TPSA) is 64.0 Å². The van der Waals surface area contributed by atoms with Crippen LogP contribution in [-0.4, -0.2) is 21.2 Å². The van der Waals surface area contributed by atoms with Crippen LogP contribution < -0.4 is 10.9 Å². The van der Waals surface area contributed by atoms with Crippen LogP contribution >= 0.6 is 11.8 Å². The fraction of sp³-hybridized carbons (Fsp3) is 0.318. The van der Waals surface area contributed by atoms with Crippen LogP contribution in [-0.2, 0) is 4.79 Å². The molecule has 0 aliphatic carbocycles. The molecule has 3 rings (SSSR count). The Morgan fingerprint density at radius 1 is 1.14 bits per heavy atom. The zero-order valence-corrected chi connectivity index (χ0v) is 17.5.